The molecule has 0 radical (unpaired) electrons. The fraction of sp³-hybridized carbons (Fsp3) is 0.571. The minimum atomic E-state index is -0.316. The van der Waals surface area contributed by atoms with Crippen LogP contribution in [0.15, 0.2) is 24.3 Å². The van der Waals surface area contributed by atoms with Crippen LogP contribution in [-0.2, 0) is 0 Å². The van der Waals surface area contributed by atoms with Crippen LogP contribution >= 0.6 is 0 Å². The summed E-state index contributed by atoms with van der Waals surface area (Å²) in [5.41, 5.74) is 1.07. The van der Waals surface area contributed by atoms with Gasteiger partial charge >= 0.3 is 0 Å². The Morgan fingerprint density at radius 1 is 1.24 bits per heavy atom. The SMILES string of the molecule is CN1C2CCC1C(O)C(c1ccc(F)cc1)C2. The summed E-state index contributed by atoms with van der Waals surface area (Å²) in [5.74, 6) is -0.0385. The molecule has 2 fully saturated rings. The van der Waals surface area contributed by atoms with Crippen molar-refractivity contribution in [3.63, 3.8) is 0 Å². The summed E-state index contributed by atoms with van der Waals surface area (Å²) in [6.45, 7) is 0. The number of likely N-dealkylation sites (N-methyl/N-ethyl adjacent to an activating group) is 1. The number of hydrogen-bond acceptors (Lipinski definition) is 2. The molecule has 2 saturated heterocycles. The van der Waals surface area contributed by atoms with Gasteiger partial charge in [0.25, 0.3) is 0 Å². The molecule has 4 atom stereocenters. The molecule has 0 aromatic heterocycles. The van der Waals surface area contributed by atoms with Gasteiger partial charge in [-0.15, -0.1) is 0 Å². The second-order valence-corrected chi connectivity index (χ2v) is 5.35. The number of piperidine rings is 1. The van der Waals surface area contributed by atoms with Crippen molar-refractivity contribution in [2.45, 2.75) is 43.4 Å². The lowest BCUT2D eigenvalue weighted by Crippen LogP contribution is -2.48. The van der Waals surface area contributed by atoms with E-state index in [2.05, 4.69) is 11.9 Å². The van der Waals surface area contributed by atoms with Crippen LogP contribution in [0.25, 0.3) is 0 Å². The van der Waals surface area contributed by atoms with Gasteiger partial charge in [-0.2, -0.15) is 0 Å². The highest BCUT2D eigenvalue weighted by atomic mass is 19.1. The predicted octanol–water partition coefficient (Wildman–Crippen LogP) is 2.14. The van der Waals surface area contributed by atoms with Gasteiger partial charge in [0.2, 0.25) is 0 Å². The maximum absolute atomic E-state index is 12.9. The minimum Gasteiger partial charge on any atom is -0.391 e. The molecule has 1 aromatic rings. The molecular weight excluding hydrogens is 217 g/mol. The van der Waals surface area contributed by atoms with Crippen molar-refractivity contribution in [1.29, 1.82) is 0 Å². The molecule has 2 nitrogen and oxygen atoms in total. The fourth-order valence-corrected chi connectivity index (χ4v) is 3.48. The Balaban J connectivity index is 1.87. The molecule has 92 valence electrons. The van der Waals surface area contributed by atoms with E-state index >= 15 is 0 Å². The molecule has 2 aliphatic rings. The van der Waals surface area contributed by atoms with Crippen LogP contribution in [0.2, 0.25) is 0 Å². The monoisotopic (exact) mass is 235 g/mol. The molecule has 3 heteroatoms. The summed E-state index contributed by atoms with van der Waals surface area (Å²) in [6, 6.07) is 7.47. The van der Waals surface area contributed by atoms with Crippen LogP contribution in [0.1, 0.15) is 30.7 Å². The first-order chi connectivity index (χ1) is 8.16. The minimum absolute atomic E-state index is 0.171. The van der Waals surface area contributed by atoms with Gasteiger partial charge in [0, 0.05) is 18.0 Å². The van der Waals surface area contributed by atoms with Crippen molar-refractivity contribution in [1.82, 2.24) is 4.90 Å². The number of rotatable bonds is 1. The van der Waals surface area contributed by atoms with Gasteiger partial charge in [0.05, 0.1) is 6.10 Å². The number of aliphatic hydroxyl groups excluding tert-OH is 1. The Bertz CT molecular complexity index is 405. The summed E-state index contributed by atoms with van der Waals surface area (Å²) < 4.78 is 12.9. The van der Waals surface area contributed by atoms with Crippen molar-refractivity contribution >= 4 is 0 Å². The van der Waals surface area contributed by atoms with Crippen LogP contribution in [0, 0.1) is 5.82 Å². The second kappa shape index (κ2) is 4.07. The summed E-state index contributed by atoms with van der Waals surface area (Å²) in [4.78, 5) is 2.31. The average molecular weight is 235 g/mol. The number of nitrogens with zero attached hydrogens (tertiary/aromatic N) is 1. The molecule has 17 heavy (non-hydrogen) atoms. The highest BCUT2D eigenvalue weighted by Crippen LogP contribution is 2.42. The molecule has 2 bridgehead atoms. The van der Waals surface area contributed by atoms with E-state index in [0.29, 0.717) is 6.04 Å². The van der Waals surface area contributed by atoms with Gasteiger partial charge in [-0.05, 0) is 44.0 Å². The molecule has 2 heterocycles. The summed E-state index contributed by atoms with van der Waals surface area (Å²) in [6.07, 6.45) is 2.93. The molecule has 1 N–H and O–H groups in total. The third kappa shape index (κ3) is 1.78. The van der Waals surface area contributed by atoms with E-state index in [1.165, 1.54) is 18.6 Å². The number of aliphatic hydroxyl groups is 1. The fourth-order valence-electron chi connectivity index (χ4n) is 3.48. The van der Waals surface area contributed by atoms with Gasteiger partial charge in [-0.25, -0.2) is 4.39 Å². The predicted molar refractivity (Wildman–Crippen MR) is 64.3 cm³/mol. The van der Waals surface area contributed by atoms with Crippen LogP contribution < -0.4 is 0 Å². The third-order valence-corrected chi connectivity index (χ3v) is 4.53. The zero-order valence-corrected chi connectivity index (χ0v) is 10.0. The van der Waals surface area contributed by atoms with Crippen LogP contribution in [0.3, 0.4) is 0 Å². The number of halogens is 1. The number of benzene rings is 1. The lowest BCUT2D eigenvalue weighted by molar-refractivity contribution is 0.0112. The normalized spacial score (nSPS) is 37.4. The van der Waals surface area contributed by atoms with Gasteiger partial charge < -0.3 is 5.11 Å². The van der Waals surface area contributed by atoms with E-state index < -0.39 is 0 Å². The standard InChI is InChI=1S/C14H18FNO/c1-16-11-6-7-13(16)14(17)12(8-11)9-2-4-10(15)5-3-9/h2-5,11-14,17H,6-8H2,1H3. The smallest absolute Gasteiger partial charge is 0.123 e. The van der Waals surface area contributed by atoms with Gasteiger partial charge in [-0.3, -0.25) is 4.90 Å². The van der Waals surface area contributed by atoms with Crippen molar-refractivity contribution in [3.8, 4) is 0 Å². The average Bonchev–Trinajstić information content (AvgIpc) is 2.58. The molecule has 0 aliphatic carbocycles. The summed E-state index contributed by atoms with van der Waals surface area (Å²) in [7, 11) is 2.10. The van der Waals surface area contributed by atoms with Gasteiger partial charge in [-0.1, -0.05) is 12.1 Å². The molecule has 0 amide bonds. The third-order valence-electron chi connectivity index (χ3n) is 4.53. The molecule has 1 aromatic carbocycles. The lowest BCUT2D eigenvalue weighted by Gasteiger charge is -2.40. The molecule has 3 rings (SSSR count). The van der Waals surface area contributed by atoms with E-state index in [9.17, 15) is 9.50 Å². The van der Waals surface area contributed by atoms with Crippen molar-refractivity contribution in [3.05, 3.63) is 35.6 Å². The Labute approximate surface area is 101 Å². The zero-order valence-electron chi connectivity index (χ0n) is 10.0. The van der Waals surface area contributed by atoms with Crippen LogP contribution in [0.4, 0.5) is 4.39 Å². The van der Waals surface area contributed by atoms with E-state index in [1.807, 2.05) is 12.1 Å². The first-order valence-electron chi connectivity index (χ1n) is 6.32. The highest BCUT2D eigenvalue weighted by molar-refractivity contribution is 5.24. The van der Waals surface area contributed by atoms with Crippen LogP contribution in [0.5, 0.6) is 0 Å². The Morgan fingerprint density at radius 3 is 2.65 bits per heavy atom. The topological polar surface area (TPSA) is 23.5 Å². The Kier molecular flexibility index (Phi) is 2.68. The summed E-state index contributed by atoms with van der Waals surface area (Å²) >= 11 is 0. The van der Waals surface area contributed by atoms with Crippen molar-refractivity contribution in [2.75, 3.05) is 7.05 Å². The largest absolute Gasteiger partial charge is 0.391 e. The second-order valence-electron chi connectivity index (χ2n) is 5.35. The maximum atomic E-state index is 12.9. The molecule has 4 unspecified atom stereocenters. The van der Waals surface area contributed by atoms with Crippen molar-refractivity contribution < 1.29 is 9.50 Å². The Morgan fingerprint density at radius 2 is 1.94 bits per heavy atom. The molecular formula is C14H18FNO. The quantitative estimate of drug-likeness (QED) is 0.806. The molecule has 2 aliphatic heterocycles. The van der Waals surface area contributed by atoms with E-state index in [0.717, 1.165) is 18.4 Å². The molecule has 0 spiro atoms. The van der Waals surface area contributed by atoms with E-state index in [4.69, 9.17) is 0 Å². The van der Waals surface area contributed by atoms with Crippen LogP contribution in [-0.4, -0.2) is 35.2 Å². The lowest BCUT2D eigenvalue weighted by atomic mass is 9.83. The summed E-state index contributed by atoms with van der Waals surface area (Å²) in [5, 5.41) is 10.4. The number of hydrogen-bond donors (Lipinski definition) is 1. The highest BCUT2D eigenvalue weighted by Gasteiger charge is 2.45. The number of fused-ring (bicyclic) bond motifs is 2. The molecule has 0 saturated carbocycles. The first-order valence-corrected chi connectivity index (χ1v) is 6.32. The zero-order chi connectivity index (χ0) is 12.0. The first kappa shape index (κ1) is 11.2. The van der Waals surface area contributed by atoms with Gasteiger partial charge in [0.15, 0.2) is 0 Å². The maximum Gasteiger partial charge on any atom is 0.123 e. The van der Waals surface area contributed by atoms with Crippen molar-refractivity contribution in [2.24, 2.45) is 0 Å². The van der Waals surface area contributed by atoms with Gasteiger partial charge in [0.1, 0.15) is 5.82 Å². The van der Waals surface area contributed by atoms with E-state index in [1.54, 1.807) is 0 Å². The van der Waals surface area contributed by atoms with E-state index in [-0.39, 0.29) is 23.9 Å². The Hall–Kier alpha value is -0.930.